The Bertz CT molecular complexity index is 894. The Morgan fingerprint density at radius 2 is 1.93 bits per heavy atom. The molecule has 9 heteroatoms. The highest BCUT2D eigenvalue weighted by atomic mass is 35.5. The number of aromatic nitrogens is 2. The molecule has 1 saturated heterocycles. The van der Waals surface area contributed by atoms with Gasteiger partial charge in [-0.15, -0.1) is 12.4 Å². The van der Waals surface area contributed by atoms with Gasteiger partial charge < -0.3 is 10.3 Å². The lowest BCUT2D eigenvalue weighted by Gasteiger charge is -2.34. The molecular formula is C18H25ClN4O3S. The molecule has 0 amide bonds. The number of rotatable bonds is 4. The number of sulfonamides is 1. The van der Waals surface area contributed by atoms with E-state index in [1.807, 2.05) is 0 Å². The highest BCUT2D eigenvalue weighted by molar-refractivity contribution is 7.89. The average molecular weight is 413 g/mol. The monoisotopic (exact) mass is 412 g/mol. The Morgan fingerprint density at radius 3 is 2.52 bits per heavy atom. The van der Waals surface area contributed by atoms with Gasteiger partial charge in [0.05, 0.1) is 10.4 Å². The smallest absolute Gasteiger partial charge is 0.257 e. The summed E-state index contributed by atoms with van der Waals surface area (Å²) in [5.74, 6) is 1.29. The Morgan fingerprint density at radius 1 is 1.22 bits per heavy atom. The van der Waals surface area contributed by atoms with Gasteiger partial charge >= 0.3 is 0 Å². The van der Waals surface area contributed by atoms with Gasteiger partial charge in [-0.2, -0.15) is 9.29 Å². The molecule has 1 atom stereocenters. The molecule has 4 rings (SSSR count). The van der Waals surface area contributed by atoms with Gasteiger partial charge in [0.15, 0.2) is 5.82 Å². The number of halogens is 1. The molecule has 0 bridgehead atoms. The first-order chi connectivity index (χ1) is 12.4. The maximum Gasteiger partial charge on any atom is 0.257 e. The number of nitrogens with zero attached hydrogens (tertiary/aromatic N) is 3. The van der Waals surface area contributed by atoms with Crippen molar-refractivity contribution in [1.29, 1.82) is 0 Å². The number of piperidine rings is 1. The molecule has 1 aliphatic carbocycles. The molecular weight excluding hydrogens is 388 g/mol. The zero-order valence-electron chi connectivity index (χ0n) is 15.3. The Labute approximate surface area is 165 Å². The summed E-state index contributed by atoms with van der Waals surface area (Å²) in [7, 11) is -3.46. The Kier molecular flexibility index (Phi) is 5.63. The number of hydrogen-bond donors (Lipinski definition) is 1. The fourth-order valence-electron chi connectivity index (χ4n) is 3.61. The average Bonchev–Trinajstić information content (AvgIpc) is 3.10. The van der Waals surface area contributed by atoms with Crippen molar-refractivity contribution in [2.45, 2.75) is 49.5 Å². The maximum absolute atomic E-state index is 12.8. The highest BCUT2D eigenvalue weighted by Crippen LogP contribution is 2.37. The second kappa shape index (κ2) is 7.50. The first kappa shape index (κ1) is 20.3. The molecule has 1 aromatic heterocycles. The minimum Gasteiger partial charge on any atom is -0.334 e. The van der Waals surface area contributed by atoms with Crippen molar-refractivity contribution in [3.63, 3.8) is 0 Å². The van der Waals surface area contributed by atoms with Crippen LogP contribution in [-0.2, 0) is 15.6 Å². The number of hydrogen-bond acceptors (Lipinski definition) is 6. The summed E-state index contributed by atoms with van der Waals surface area (Å²) in [6.45, 7) is 3.25. The standard InChI is InChI=1S/C18H24N4O3S.ClH/c1-13-4-2-11-22(12-13)26(23,24)15-7-5-14(6-8-15)16-20-17(21-25-16)18(19)9-3-10-18;/h5-8,13H,2-4,9-12,19H2,1H3;1H. The van der Waals surface area contributed by atoms with Crippen molar-refractivity contribution >= 4 is 22.4 Å². The first-order valence-electron chi connectivity index (χ1n) is 9.12. The van der Waals surface area contributed by atoms with Gasteiger partial charge in [0.25, 0.3) is 5.89 Å². The van der Waals surface area contributed by atoms with E-state index in [1.54, 1.807) is 28.6 Å². The van der Waals surface area contributed by atoms with Gasteiger partial charge in [0, 0.05) is 18.7 Å². The van der Waals surface area contributed by atoms with Crippen LogP contribution in [0.2, 0.25) is 0 Å². The summed E-state index contributed by atoms with van der Waals surface area (Å²) in [6, 6.07) is 6.63. The highest BCUT2D eigenvalue weighted by Gasteiger charge is 2.39. The van der Waals surface area contributed by atoms with E-state index in [9.17, 15) is 8.42 Å². The van der Waals surface area contributed by atoms with Crippen molar-refractivity contribution in [2.75, 3.05) is 13.1 Å². The topological polar surface area (TPSA) is 102 Å². The molecule has 7 nitrogen and oxygen atoms in total. The largest absolute Gasteiger partial charge is 0.334 e. The molecule has 1 saturated carbocycles. The van der Waals surface area contributed by atoms with Gasteiger partial charge in [-0.1, -0.05) is 12.1 Å². The van der Waals surface area contributed by atoms with Crippen LogP contribution >= 0.6 is 12.4 Å². The van der Waals surface area contributed by atoms with E-state index in [2.05, 4.69) is 17.1 Å². The molecule has 1 aliphatic heterocycles. The zero-order chi connectivity index (χ0) is 18.4. The van der Waals surface area contributed by atoms with Crippen molar-refractivity contribution in [1.82, 2.24) is 14.4 Å². The van der Waals surface area contributed by atoms with E-state index >= 15 is 0 Å². The molecule has 1 aromatic carbocycles. The Balaban J connectivity index is 0.00000210. The van der Waals surface area contributed by atoms with E-state index in [1.165, 1.54) is 0 Å². The lowest BCUT2D eigenvalue weighted by atomic mass is 9.77. The molecule has 2 N–H and O–H groups in total. The van der Waals surface area contributed by atoms with E-state index in [4.69, 9.17) is 10.3 Å². The van der Waals surface area contributed by atoms with Crippen LogP contribution in [-0.4, -0.2) is 36.0 Å². The number of benzene rings is 1. The summed E-state index contributed by atoms with van der Waals surface area (Å²) in [6.07, 6.45) is 4.77. The fraction of sp³-hybridized carbons (Fsp3) is 0.556. The second-order valence-corrected chi connectivity index (χ2v) is 9.51. The summed E-state index contributed by atoms with van der Waals surface area (Å²) in [5, 5.41) is 4.00. The van der Waals surface area contributed by atoms with Crippen molar-refractivity contribution < 1.29 is 12.9 Å². The lowest BCUT2D eigenvalue weighted by molar-refractivity contribution is 0.229. The predicted octanol–water partition coefficient (Wildman–Crippen LogP) is 2.92. The third-order valence-corrected chi connectivity index (χ3v) is 7.36. The SMILES string of the molecule is CC1CCCN(S(=O)(=O)c2ccc(-c3nc(C4(N)CCC4)no3)cc2)C1.Cl. The third kappa shape index (κ3) is 3.76. The van der Waals surface area contributed by atoms with Crippen LogP contribution in [0.3, 0.4) is 0 Å². The zero-order valence-corrected chi connectivity index (χ0v) is 16.9. The predicted molar refractivity (Wildman–Crippen MR) is 104 cm³/mol. The van der Waals surface area contributed by atoms with Crippen molar-refractivity contribution in [3.8, 4) is 11.5 Å². The van der Waals surface area contributed by atoms with Crippen LogP contribution in [0.25, 0.3) is 11.5 Å². The molecule has 2 fully saturated rings. The van der Waals surface area contributed by atoms with Crippen LogP contribution in [0.5, 0.6) is 0 Å². The van der Waals surface area contributed by atoms with E-state index in [-0.39, 0.29) is 12.4 Å². The summed E-state index contributed by atoms with van der Waals surface area (Å²) in [5.41, 5.74) is 6.44. The summed E-state index contributed by atoms with van der Waals surface area (Å²) < 4.78 is 32.5. The maximum atomic E-state index is 12.8. The van der Waals surface area contributed by atoms with Crippen LogP contribution in [0.4, 0.5) is 0 Å². The van der Waals surface area contributed by atoms with Gasteiger partial charge in [0.2, 0.25) is 10.0 Å². The molecule has 0 spiro atoms. The van der Waals surface area contributed by atoms with Gasteiger partial charge in [-0.25, -0.2) is 8.42 Å². The normalized spacial score (nSPS) is 22.7. The first-order valence-corrected chi connectivity index (χ1v) is 10.6. The molecule has 2 aliphatic rings. The third-order valence-electron chi connectivity index (χ3n) is 5.48. The minimum atomic E-state index is -3.46. The van der Waals surface area contributed by atoms with Crippen LogP contribution in [0.15, 0.2) is 33.7 Å². The van der Waals surface area contributed by atoms with Crippen LogP contribution in [0.1, 0.15) is 44.9 Å². The fourth-order valence-corrected chi connectivity index (χ4v) is 5.21. The summed E-state index contributed by atoms with van der Waals surface area (Å²) >= 11 is 0. The van der Waals surface area contributed by atoms with Crippen LogP contribution in [0, 0.1) is 5.92 Å². The van der Waals surface area contributed by atoms with Crippen molar-refractivity contribution in [2.24, 2.45) is 11.7 Å². The van der Waals surface area contributed by atoms with Gasteiger partial charge in [0.1, 0.15) is 0 Å². The van der Waals surface area contributed by atoms with Gasteiger partial charge in [-0.3, -0.25) is 0 Å². The van der Waals surface area contributed by atoms with E-state index in [0.717, 1.165) is 32.1 Å². The van der Waals surface area contributed by atoms with E-state index in [0.29, 0.717) is 41.2 Å². The molecule has 2 heterocycles. The lowest BCUT2D eigenvalue weighted by Crippen LogP contribution is -2.44. The van der Waals surface area contributed by atoms with Crippen LogP contribution < -0.4 is 5.73 Å². The molecule has 1 unspecified atom stereocenters. The molecule has 0 radical (unpaired) electrons. The summed E-state index contributed by atoms with van der Waals surface area (Å²) in [4.78, 5) is 4.70. The minimum absolute atomic E-state index is 0. The Hall–Kier alpha value is -1.48. The quantitative estimate of drug-likeness (QED) is 0.828. The van der Waals surface area contributed by atoms with Gasteiger partial charge in [-0.05, 0) is 62.3 Å². The number of nitrogens with two attached hydrogens (primary N) is 1. The second-order valence-electron chi connectivity index (χ2n) is 7.57. The van der Waals surface area contributed by atoms with Crippen molar-refractivity contribution in [3.05, 3.63) is 30.1 Å². The molecule has 148 valence electrons. The molecule has 27 heavy (non-hydrogen) atoms. The molecule has 2 aromatic rings. The van der Waals surface area contributed by atoms with E-state index < -0.39 is 15.6 Å².